The van der Waals surface area contributed by atoms with Crippen LogP contribution in [0.5, 0.6) is 0 Å². The van der Waals surface area contributed by atoms with E-state index in [0.717, 1.165) is 16.3 Å². The van der Waals surface area contributed by atoms with Gasteiger partial charge in [0.25, 0.3) is 0 Å². The van der Waals surface area contributed by atoms with Crippen LogP contribution in [0.15, 0.2) is 4.99 Å². The van der Waals surface area contributed by atoms with Crippen molar-refractivity contribution in [3.8, 4) is 0 Å². The van der Waals surface area contributed by atoms with Crippen molar-refractivity contribution >= 4 is 32.9 Å². The molecule has 46 valence electrons. The molecule has 1 aliphatic heterocycles. The molecule has 0 fully saturated rings. The third kappa shape index (κ3) is 1.39. The Morgan fingerprint density at radius 2 is 2.75 bits per heavy atom. The van der Waals surface area contributed by atoms with Crippen LogP contribution in [0.1, 0.15) is 0 Å². The topological polar surface area (TPSA) is 38.4 Å². The van der Waals surface area contributed by atoms with Crippen LogP contribution in [0.25, 0.3) is 0 Å². The minimum absolute atomic E-state index is 0.417. The molecule has 0 radical (unpaired) electrons. The highest BCUT2D eigenvalue weighted by Crippen LogP contribution is 2.15. The lowest BCUT2D eigenvalue weighted by Crippen LogP contribution is -2.04. The minimum Gasteiger partial charge on any atom is -0.379 e. The lowest BCUT2D eigenvalue weighted by molar-refractivity contribution is 0.884. The van der Waals surface area contributed by atoms with Crippen LogP contribution < -0.4 is 5.73 Å². The summed E-state index contributed by atoms with van der Waals surface area (Å²) in [5, 5.41) is 1.66. The second kappa shape index (κ2) is 2.73. The van der Waals surface area contributed by atoms with Gasteiger partial charge in [0.1, 0.15) is 0 Å². The van der Waals surface area contributed by atoms with Crippen LogP contribution in [0, 0.1) is 0 Å². The molecule has 1 rings (SSSR count). The SMILES string of the molecule is NC1=N[C@H](CBr)CS1. The first kappa shape index (κ1) is 6.42. The number of nitrogens with zero attached hydrogens (tertiary/aromatic N) is 1. The van der Waals surface area contributed by atoms with Crippen molar-refractivity contribution in [1.82, 2.24) is 0 Å². The summed E-state index contributed by atoms with van der Waals surface area (Å²) in [6.07, 6.45) is 0. The molecule has 8 heavy (non-hydrogen) atoms. The number of alkyl halides is 1. The zero-order valence-corrected chi connectivity index (χ0v) is 6.70. The molecule has 2 nitrogen and oxygen atoms in total. The Hall–Kier alpha value is 0.300. The van der Waals surface area contributed by atoms with E-state index in [1.54, 1.807) is 11.8 Å². The molecule has 0 aliphatic carbocycles. The van der Waals surface area contributed by atoms with E-state index in [2.05, 4.69) is 20.9 Å². The molecule has 1 aliphatic rings. The van der Waals surface area contributed by atoms with Crippen LogP contribution in [-0.4, -0.2) is 22.3 Å². The Balaban J connectivity index is 2.41. The van der Waals surface area contributed by atoms with E-state index in [9.17, 15) is 0 Å². The zero-order chi connectivity index (χ0) is 5.98. The van der Waals surface area contributed by atoms with Crippen LogP contribution >= 0.6 is 27.7 Å². The summed E-state index contributed by atoms with van der Waals surface area (Å²) in [5.41, 5.74) is 5.39. The van der Waals surface area contributed by atoms with Crippen LogP contribution in [0.4, 0.5) is 0 Å². The standard InChI is InChI=1S/C4H7BrN2S/c5-1-3-2-8-4(6)7-3/h3H,1-2H2,(H2,6,7)/t3-/m1/s1. The molecule has 2 N–H and O–H groups in total. The number of rotatable bonds is 1. The van der Waals surface area contributed by atoms with Gasteiger partial charge in [-0.25, -0.2) is 0 Å². The third-order valence-corrected chi connectivity index (χ3v) is 2.61. The van der Waals surface area contributed by atoms with Crippen molar-refractivity contribution in [1.29, 1.82) is 0 Å². The van der Waals surface area contributed by atoms with Gasteiger partial charge in [-0.2, -0.15) is 0 Å². The summed E-state index contributed by atoms with van der Waals surface area (Å²) in [6, 6.07) is 0.417. The Morgan fingerprint density at radius 1 is 2.00 bits per heavy atom. The van der Waals surface area contributed by atoms with Crippen molar-refractivity contribution < 1.29 is 0 Å². The first-order valence-electron chi connectivity index (χ1n) is 2.35. The van der Waals surface area contributed by atoms with Crippen LogP contribution in [-0.2, 0) is 0 Å². The van der Waals surface area contributed by atoms with E-state index in [1.807, 2.05) is 0 Å². The van der Waals surface area contributed by atoms with Crippen molar-refractivity contribution in [3.63, 3.8) is 0 Å². The number of halogens is 1. The van der Waals surface area contributed by atoms with E-state index in [4.69, 9.17) is 5.73 Å². The van der Waals surface area contributed by atoms with Crippen molar-refractivity contribution in [2.24, 2.45) is 10.7 Å². The molecule has 1 heterocycles. The predicted molar refractivity (Wildman–Crippen MR) is 41.7 cm³/mol. The third-order valence-electron chi connectivity index (χ3n) is 0.912. The highest BCUT2D eigenvalue weighted by atomic mass is 79.9. The maximum atomic E-state index is 5.39. The van der Waals surface area contributed by atoms with Gasteiger partial charge in [-0.3, -0.25) is 4.99 Å². The fourth-order valence-electron chi connectivity index (χ4n) is 0.515. The van der Waals surface area contributed by atoms with Crippen molar-refractivity contribution in [2.75, 3.05) is 11.1 Å². The first-order chi connectivity index (χ1) is 3.83. The lowest BCUT2D eigenvalue weighted by Gasteiger charge is -1.94. The first-order valence-corrected chi connectivity index (χ1v) is 4.45. The summed E-state index contributed by atoms with van der Waals surface area (Å²) in [7, 11) is 0. The monoisotopic (exact) mass is 194 g/mol. The maximum Gasteiger partial charge on any atom is 0.154 e. The molecule has 0 aromatic carbocycles. The molecular formula is C4H7BrN2S. The molecule has 0 saturated heterocycles. The number of amidine groups is 1. The fourth-order valence-corrected chi connectivity index (χ4v) is 1.97. The van der Waals surface area contributed by atoms with Gasteiger partial charge in [0.15, 0.2) is 5.17 Å². The van der Waals surface area contributed by atoms with Crippen LogP contribution in [0.2, 0.25) is 0 Å². The highest BCUT2D eigenvalue weighted by Gasteiger charge is 2.13. The number of nitrogens with two attached hydrogens (primary N) is 1. The van der Waals surface area contributed by atoms with E-state index >= 15 is 0 Å². The molecule has 0 bridgehead atoms. The Labute approximate surface area is 61.1 Å². The summed E-state index contributed by atoms with van der Waals surface area (Å²) < 4.78 is 0. The van der Waals surface area contributed by atoms with Gasteiger partial charge in [-0.1, -0.05) is 27.7 Å². The summed E-state index contributed by atoms with van der Waals surface area (Å²) in [6.45, 7) is 0. The van der Waals surface area contributed by atoms with Gasteiger partial charge in [-0.15, -0.1) is 0 Å². The van der Waals surface area contributed by atoms with Crippen molar-refractivity contribution in [2.45, 2.75) is 6.04 Å². The largest absolute Gasteiger partial charge is 0.379 e. The molecule has 0 spiro atoms. The van der Waals surface area contributed by atoms with E-state index in [1.165, 1.54) is 0 Å². The second-order valence-electron chi connectivity index (χ2n) is 1.59. The molecule has 0 unspecified atom stereocenters. The van der Waals surface area contributed by atoms with Gasteiger partial charge in [0, 0.05) is 11.1 Å². The average molecular weight is 195 g/mol. The Morgan fingerprint density at radius 3 is 3.00 bits per heavy atom. The molecule has 0 saturated carbocycles. The molecular weight excluding hydrogens is 188 g/mol. The van der Waals surface area contributed by atoms with E-state index in [0.29, 0.717) is 6.04 Å². The summed E-state index contributed by atoms with van der Waals surface area (Å²) in [5.74, 6) is 1.04. The smallest absolute Gasteiger partial charge is 0.154 e. The number of aliphatic imine (C=N–C) groups is 1. The Bertz CT molecular complexity index is 115. The lowest BCUT2D eigenvalue weighted by atomic mass is 10.4. The van der Waals surface area contributed by atoms with Gasteiger partial charge in [-0.05, 0) is 0 Å². The van der Waals surface area contributed by atoms with Crippen molar-refractivity contribution in [3.05, 3.63) is 0 Å². The average Bonchev–Trinajstić information content (AvgIpc) is 2.14. The number of hydrogen-bond donors (Lipinski definition) is 1. The normalized spacial score (nSPS) is 28.1. The second-order valence-corrected chi connectivity index (χ2v) is 3.27. The van der Waals surface area contributed by atoms with Crippen LogP contribution in [0.3, 0.4) is 0 Å². The predicted octanol–water partition coefficient (Wildman–Crippen LogP) is 0.811. The minimum atomic E-state index is 0.417. The van der Waals surface area contributed by atoms with Gasteiger partial charge < -0.3 is 5.73 Å². The van der Waals surface area contributed by atoms with E-state index < -0.39 is 0 Å². The van der Waals surface area contributed by atoms with Gasteiger partial charge >= 0.3 is 0 Å². The Kier molecular flexibility index (Phi) is 2.19. The molecule has 0 aromatic heterocycles. The van der Waals surface area contributed by atoms with Gasteiger partial charge in [0.05, 0.1) is 6.04 Å². The number of hydrogen-bond acceptors (Lipinski definition) is 3. The molecule has 0 amide bonds. The van der Waals surface area contributed by atoms with Gasteiger partial charge in [0.2, 0.25) is 0 Å². The molecule has 0 aromatic rings. The number of thioether (sulfide) groups is 1. The fraction of sp³-hybridized carbons (Fsp3) is 0.750. The maximum absolute atomic E-state index is 5.39. The molecule has 1 atom stereocenters. The molecule has 4 heteroatoms. The highest BCUT2D eigenvalue weighted by molar-refractivity contribution is 9.09. The quantitative estimate of drug-likeness (QED) is 0.629. The summed E-state index contributed by atoms with van der Waals surface area (Å²) in [4.78, 5) is 4.12. The van der Waals surface area contributed by atoms with E-state index in [-0.39, 0.29) is 0 Å². The zero-order valence-electron chi connectivity index (χ0n) is 4.30. The summed E-state index contributed by atoms with van der Waals surface area (Å²) >= 11 is 4.96.